The molecule has 7 heteroatoms. The third-order valence-electron chi connectivity index (χ3n) is 5.68. The number of amides is 1. The number of likely N-dealkylation sites (N-methyl/N-ethyl adjacent to an activating group) is 1. The van der Waals surface area contributed by atoms with Crippen LogP contribution in [0.4, 0.5) is 17.1 Å². The van der Waals surface area contributed by atoms with Crippen molar-refractivity contribution in [1.29, 1.82) is 0 Å². The molecule has 0 radical (unpaired) electrons. The van der Waals surface area contributed by atoms with Gasteiger partial charge in [-0.3, -0.25) is 14.9 Å². The molecule has 1 aliphatic rings. The zero-order chi connectivity index (χ0) is 20.8. The molecule has 1 unspecified atom stereocenters. The molecular formula is C22H28N4O3. The van der Waals surface area contributed by atoms with Gasteiger partial charge in [-0.15, -0.1) is 0 Å². The van der Waals surface area contributed by atoms with E-state index in [1.807, 2.05) is 36.2 Å². The number of nitrogens with one attached hydrogen (secondary N) is 1. The summed E-state index contributed by atoms with van der Waals surface area (Å²) in [6, 6.07) is 17.1. The Kier molecular flexibility index (Phi) is 6.69. The van der Waals surface area contributed by atoms with Gasteiger partial charge in [0.1, 0.15) is 5.69 Å². The summed E-state index contributed by atoms with van der Waals surface area (Å²) < 4.78 is 0. The summed E-state index contributed by atoms with van der Waals surface area (Å²) >= 11 is 0. The van der Waals surface area contributed by atoms with Crippen LogP contribution in [0, 0.1) is 16.0 Å². The highest BCUT2D eigenvalue weighted by Crippen LogP contribution is 2.31. The number of hydrogen-bond donors (Lipinski definition) is 1. The molecule has 0 aliphatic carbocycles. The summed E-state index contributed by atoms with van der Waals surface area (Å²) in [4.78, 5) is 27.7. The molecule has 29 heavy (non-hydrogen) atoms. The number of nitrogens with zero attached hydrogens (tertiary/aromatic N) is 3. The standard InChI is InChI=1S/C22H28N4O3/c1-17(24(2)19-8-4-3-5-9-19)16-23-22(27)18-12-14-25(15-13-18)20-10-6-7-11-21(20)26(28)29/h3-11,17-18H,12-16H2,1-2H3,(H,23,27). The van der Waals surface area contributed by atoms with E-state index in [2.05, 4.69) is 29.3 Å². The van der Waals surface area contributed by atoms with E-state index in [1.165, 1.54) is 6.07 Å². The first-order valence-electron chi connectivity index (χ1n) is 10.0. The number of para-hydroxylation sites is 3. The van der Waals surface area contributed by atoms with Crippen LogP contribution in [0.1, 0.15) is 19.8 Å². The van der Waals surface area contributed by atoms with E-state index in [0.29, 0.717) is 38.2 Å². The Morgan fingerprint density at radius 3 is 2.45 bits per heavy atom. The fraction of sp³-hybridized carbons (Fsp3) is 0.409. The number of nitro benzene ring substituents is 1. The molecule has 7 nitrogen and oxygen atoms in total. The summed E-state index contributed by atoms with van der Waals surface area (Å²) in [7, 11) is 2.03. The molecule has 154 valence electrons. The van der Waals surface area contributed by atoms with Gasteiger partial charge in [0.05, 0.1) is 4.92 Å². The minimum Gasteiger partial charge on any atom is -0.370 e. The van der Waals surface area contributed by atoms with Crippen LogP contribution in [-0.4, -0.2) is 43.6 Å². The van der Waals surface area contributed by atoms with Crippen molar-refractivity contribution in [2.45, 2.75) is 25.8 Å². The first-order chi connectivity index (χ1) is 14.0. The second kappa shape index (κ2) is 9.41. The SMILES string of the molecule is CC(CNC(=O)C1CCN(c2ccccc2[N+](=O)[O-])CC1)N(C)c1ccccc1. The summed E-state index contributed by atoms with van der Waals surface area (Å²) in [6.07, 6.45) is 1.39. The van der Waals surface area contributed by atoms with Crippen molar-refractivity contribution in [2.24, 2.45) is 5.92 Å². The summed E-state index contributed by atoms with van der Waals surface area (Å²) in [6.45, 7) is 3.95. The van der Waals surface area contributed by atoms with Gasteiger partial charge in [-0.25, -0.2) is 0 Å². The molecule has 1 amide bonds. The maximum Gasteiger partial charge on any atom is 0.292 e. The van der Waals surface area contributed by atoms with E-state index in [0.717, 1.165) is 5.69 Å². The molecule has 1 aliphatic heterocycles. The van der Waals surface area contributed by atoms with Crippen molar-refractivity contribution >= 4 is 23.0 Å². The van der Waals surface area contributed by atoms with Crippen LogP contribution in [0.5, 0.6) is 0 Å². The lowest BCUT2D eigenvalue weighted by Crippen LogP contribution is -2.45. The van der Waals surface area contributed by atoms with Crippen molar-refractivity contribution in [3.8, 4) is 0 Å². The molecule has 2 aromatic carbocycles. The van der Waals surface area contributed by atoms with Gasteiger partial charge >= 0.3 is 0 Å². The Morgan fingerprint density at radius 1 is 1.17 bits per heavy atom. The first kappa shape index (κ1) is 20.6. The van der Waals surface area contributed by atoms with Crippen LogP contribution >= 0.6 is 0 Å². The molecule has 1 atom stereocenters. The first-order valence-corrected chi connectivity index (χ1v) is 10.0. The minimum absolute atomic E-state index is 0.0525. The zero-order valence-corrected chi connectivity index (χ0v) is 17.0. The van der Waals surface area contributed by atoms with Crippen LogP contribution in [-0.2, 0) is 4.79 Å². The van der Waals surface area contributed by atoms with Crippen molar-refractivity contribution in [2.75, 3.05) is 36.5 Å². The Bertz CT molecular complexity index is 835. The minimum atomic E-state index is -0.348. The Hall–Kier alpha value is -3.09. The summed E-state index contributed by atoms with van der Waals surface area (Å²) in [5.74, 6) is 0.0174. The average Bonchev–Trinajstić information content (AvgIpc) is 2.77. The highest BCUT2D eigenvalue weighted by Gasteiger charge is 2.28. The van der Waals surface area contributed by atoms with Crippen LogP contribution in [0.3, 0.4) is 0 Å². The molecule has 0 bridgehead atoms. The number of carbonyl (C=O) groups is 1. The van der Waals surface area contributed by atoms with Gasteiger partial charge in [0.2, 0.25) is 5.91 Å². The molecule has 1 heterocycles. The van der Waals surface area contributed by atoms with E-state index in [4.69, 9.17) is 0 Å². The van der Waals surface area contributed by atoms with Crippen LogP contribution < -0.4 is 15.1 Å². The third-order valence-corrected chi connectivity index (χ3v) is 5.68. The van der Waals surface area contributed by atoms with Crippen molar-refractivity contribution in [3.05, 3.63) is 64.7 Å². The lowest BCUT2D eigenvalue weighted by atomic mass is 9.95. The van der Waals surface area contributed by atoms with Gasteiger partial charge < -0.3 is 15.1 Å². The van der Waals surface area contributed by atoms with Crippen molar-refractivity contribution < 1.29 is 9.72 Å². The molecule has 1 N–H and O–H groups in total. The molecule has 0 spiro atoms. The molecule has 2 aromatic rings. The Morgan fingerprint density at radius 2 is 1.79 bits per heavy atom. The highest BCUT2D eigenvalue weighted by molar-refractivity contribution is 5.79. The molecule has 0 saturated carbocycles. The monoisotopic (exact) mass is 396 g/mol. The molecule has 1 saturated heterocycles. The number of hydrogen-bond acceptors (Lipinski definition) is 5. The second-order valence-electron chi connectivity index (χ2n) is 7.55. The lowest BCUT2D eigenvalue weighted by Gasteiger charge is -2.33. The fourth-order valence-corrected chi connectivity index (χ4v) is 3.72. The maximum absolute atomic E-state index is 12.6. The largest absolute Gasteiger partial charge is 0.370 e. The third kappa shape index (κ3) is 5.04. The van der Waals surface area contributed by atoms with Gasteiger partial charge in [0.25, 0.3) is 5.69 Å². The van der Waals surface area contributed by atoms with E-state index in [9.17, 15) is 14.9 Å². The smallest absolute Gasteiger partial charge is 0.292 e. The molecule has 0 aromatic heterocycles. The van der Waals surface area contributed by atoms with Gasteiger partial charge in [-0.05, 0) is 38.0 Å². The Balaban J connectivity index is 1.50. The topological polar surface area (TPSA) is 78.7 Å². The summed E-state index contributed by atoms with van der Waals surface area (Å²) in [5.41, 5.74) is 1.87. The average molecular weight is 396 g/mol. The number of piperidine rings is 1. The van der Waals surface area contributed by atoms with E-state index >= 15 is 0 Å². The lowest BCUT2D eigenvalue weighted by molar-refractivity contribution is -0.384. The second-order valence-corrected chi connectivity index (χ2v) is 7.55. The quantitative estimate of drug-likeness (QED) is 0.573. The molecule has 3 rings (SSSR count). The summed E-state index contributed by atoms with van der Waals surface area (Å²) in [5, 5.41) is 14.3. The van der Waals surface area contributed by atoms with Crippen molar-refractivity contribution in [1.82, 2.24) is 5.32 Å². The number of carbonyl (C=O) groups excluding carboxylic acids is 1. The Labute approximate surface area is 171 Å². The van der Waals surface area contributed by atoms with Crippen LogP contribution in [0.25, 0.3) is 0 Å². The molecular weight excluding hydrogens is 368 g/mol. The van der Waals surface area contributed by atoms with Crippen LogP contribution in [0.15, 0.2) is 54.6 Å². The zero-order valence-electron chi connectivity index (χ0n) is 17.0. The van der Waals surface area contributed by atoms with Crippen molar-refractivity contribution in [3.63, 3.8) is 0 Å². The van der Waals surface area contributed by atoms with Gasteiger partial charge in [0.15, 0.2) is 0 Å². The normalized spacial score (nSPS) is 15.6. The maximum atomic E-state index is 12.6. The number of rotatable bonds is 7. The molecule has 1 fully saturated rings. The van der Waals surface area contributed by atoms with E-state index in [1.54, 1.807) is 12.1 Å². The fourth-order valence-electron chi connectivity index (χ4n) is 3.72. The van der Waals surface area contributed by atoms with E-state index < -0.39 is 0 Å². The number of benzene rings is 2. The number of nitro groups is 1. The van der Waals surface area contributed by atoms with Crippen LogP contribution in [0.2, 0.25) is 0 Å². The predicted octanol–water partition coefficient (Wildman–Crippen LogP) is 3.45. The van der Waals surface area contributed by atoms with Gasteiger partial charge in [-0.1, -0.05) is 30.3 Å². The van der Waals surface area contributed by atoms with Gasteiger partial charge in [-0.2, -0.15) is 0 Å². The van der Waals surface area contributed by atoms with E-state index in [-0.39, 0.29) is 28.5 Å². The highest BCUT2D eigenvalue weighted by atomic mass is 16.6. The number of anilines is 2. The van der Waals surface area contributed by atoms with Gasteiger partial charge in [0, 0.05) is 50.4 Å². The predicted molar refractivity (Wildman–Crippen MR) is 115 cm³/mol.